The number of aromatic amines is 1. The first-order chi connectivity index (χ1) is 16.3. The van der Waals surface area contributed by atoms with Crippen molar-refractivity contribution >= 4 is 58.7 Å². The normalized spacial score (nSPS) is 22.6. The number of urea groups is 1. The van der Waals surface area contributed by atoms with Gasteiger partial charge in [-0.3, -0.25) is 19.6 Å². The van der Waals surface area contributed by atoms with Crippen LogP contribution in [0.2, 0.25) is 0 Å². The molecule has 180 valence electrons. The van der Waals surface area contributed by atoms with Crippen LogP contribution in [0.15, 0.2) is 40.3 Å². The van der Waals surface area contributed by atoms with E-state index in [4.69, 9.17) is 10.5 Å². The number of primary amides is 1. The number of methoxy groups -OCH3 is 1. The number of nitrogens with one attached hydrogen (secondary N) is 3. The first-order valence-electron chi connectivity index (χ1n) is 9.63. The smallest absolute Gasteiger partial charge is 0.352 e. The SMILES string of the molecule is CO[C@]1(NC(=O)C(NC(N)=O)c2cccs2)C(=O)N2C(C(=O)O)=C(CSc3ncn[nH]3)CSC21. The molecular formula is C18H19N7O6S3. The monoisotopic (exact) mass is 525 g/mol. The molecule has 0 aromatic carbocycles. The molecule has 0 aliphatic carbocycles. The van der Waals surface area contributed by atoms with Gasteiger partial charge in [-0.2, -0.15) is 5.10 Å². The summed E-state index contributed by atoms with van der Waals surface area (Å²) in [5.74, 6) is -2.16. The molecule has 6 N–H and O–H groups in total. The van der Waals surface area contributed by atoms with E-state index in [1.807, 2.05) is 0 Å². The van der Waals surface area contributed by atoms with E-state index in [2.05, 4.69) is 25.8 Å². The summed E-state index contributed by atoms with van der Waals surface area (Å²) in [5, 5.41) is 22.6. The number of carboxylic acids is 1. The molecule has 4 rings (SSSR count). The number of carbonyl (C=O) groups is 4. The highest BCUT2D eigenvalue weighted by Crippen LogP contribution is 2.47. The first-order valence-corrected chi connectivity index (χ1v) is 12.5. The maximum Gasteiger partial charge on any atom is 0.352 e. The Morgan fingerprint density at radius 1 is 1.50 bits per heavy atom. The summed E-state index contributed by atoms with van der Waals surface area (Å²) in [4.78, 5) is 55.5. The van der Waals surface area contributed by atoms with Gasteiger partial charge in [0.2, 0.25) is 0 Å². The van der Waals surface area contributed by atoms with Crippen LogP contribution in [0.1, 0.15) is 10.9 Å². The fourth-order valence-electron chi connectivity index (χ4n) is 3.59. The summed E-state index contributed by atoms with van der Waals surface area (Å²) in [5.41, 5.74) is 3.78. The Hall–Kier alpha value is -3.08. The van der Waals surface area contributed by atoms with E-state index in [0.717, 1.165) is 4.90 Å². The summed E-state index contributed by atoms with van der Waals surface area (Å²) < 4.78 is 5.45. The quantitative estimate of drug-likeness (QED) is 0.170. The lowest BCUT2D eigenvalue weighted by Crippen LogP contribution is -2.81. The van der Waals surface area contributed by atoms with E-state index >= 15 is 0 Å². The summed E-state index contributed by atoms with van der Waals surface area (Å²) in [6, 6.07) is 1.27. The van der Waals surface area contributed by atoms with Crippen molar-refractivity contribution in [1.29, 1.82) is 0 Å². The highest BCUT2D eigenvalue weighted by atomic mass is 32.2. The zero-order valence-corrected chi connectivity index (χ0v) is 20.0. The van der Waals surface area contributed by atoms with Gasteiger partial charge < -0.3 is 26.2 Å². The lowest BCUT2D eigenvalue weighted by molar-refractivity contribution is -0.192. The molecule has 2 unspecified atom stereocenters. The van der Waals surface area contributed by atoms with Crippen molar-refractivity contribution in [3.63, 3.8) is 0 Å². The van der Waals surface area contributed by atoms with Crippen molar-refractivity contribution in [1.82, 2.24) is 30.7 Å². The van der Waals surface area contributed by atoms with Crippen LogP contribution in [-0.2, 0) is 19.1 Å². The largest absolute Gasteiger partial charge is 0.477 e. The van der Waals surface area contributed by atoms with Gasteiger partial charge in [-0.25, -0.2) is 14.6 Å². The summed E-state index contributed by atoms with van der Waals surface area (Å²) >= 11 is 3.73. The molecule has 16 heteroatoms. The van der Waals surface area contributed by atoms with Crippen LogP contribution >= 0.6 is 34.9 Å². The number of hydrogen-bond acceptors (Lipinski definition) is 10. The number of aliphatic carboxylic acids is 1. The first kappa shape index (κ1) is 24.1. The van der Waals surface area contributed by atoms with E-state index in [9.17, 15) is 24.3 Å². The number of amides is 4. The standard InChI is InChI=1S/C18H19N7O6S3/c1-31-18(23-12(26)10(22-16(19)30)9-3-2-4-32-9)14(29)25-11(13(27)28)8(5-33-15(18)25)6-34-17-20-7-21-24-17/h2-4,7,10,15H,5-6H2,1H3,(H,23,26)(H,27,28)(H3,19,22,30)(H,20,21,24)/t10?,15?,18-/m1/s1. The number of β-lactam (4-membered cyclic amide) rings is 1. The predicted octanol–water partition coefficient (Wildman–Crippen LogP) is 0.0806. The average Bonchev–Trinajstić information content (AvgIpc) is 3.52. The summed E-state index contributed by atoms with van der Waals surface area (Å²) in [7, 11) is 1.25. The molecule has 2 aromatic rings. The number of ether oxygens (including phenoxy) is 1. The van der Waals surface area contributed by atoms with Gasteiger partial charge in [0.1, 0.15) is 23.4 Å². The number of thiophene rings is 1. The van der Waals surface area contributed by atoms with Crippen LogP contribution < -0.4 is 16.4 Å². The Bertz CT molecular complexity index is 1140. The Kier molecular flexibility index (Phi) is 6.83. The second-order valence-electron chi connectivity index (χ2n) is 7.06. The summed E-state index contributed by atoms with van der Waals surface area (Å²) in [6.45, 7) is 0. The minimum atomic E-state index is -1.80. The van der Waals surface area contributed by atoms with Crippen LogP contribution in [0, 0.1) is 0 Å². The Balaban J connectivity index is 1.57. The molecule has 0 saturated carbocycles. The number of nitrogens with two attached hydrogens (primary N) is 1. The number of rotatable bonds is 9. The van der Waals surface area contributed by atoms with E-state index in [0.29, 0.717) is 15.6 Å². The van der Waals surface area contributed by atoms with Crippen molar-refractivity contribution in [2.45, 2.75) is 22.3 Å². The molecule has 0 spiro atoms. The highest BCUT2D eigenvalue weighted by molar-refractivity contribution is 8.01. The lowest BCUT2D eigenvalue weighted by Gasteiger charge is -2.56. The van der Waals surface area contributed by atoms with Crippen LogP contribution in [0.5, 0.6) is 0 Å². The van der Waals surface area contributed by atoms with Gasteiger partial charge >= 0.3 is 12.0 Å². The van der Waals surface area contributed by atoms with Gasteiger partial charge in [0, 0.05) is 23.5 Å². The second kappa shape index (κ2) is 9.65. The van der Waals surface area contributed by atoms with Crippen molar-refractivity contribution in [2.24, 2.45) is 5.73 Å². The van der Waals surface area contributed by atoms with Gasteiger partial charge in [0.05, 0.1) is 0 Å². The zero-order valence-electron chi connectivity index (χ0n) is 17.5. The molecule has 1 fully saturated rings. The molecule has 2 aliphatic rings. The van der Waals surface area contributed by atoms with Gasteiger partial charge in [0.15, 0.2) is 5.16 Å². The number of hydrogen-bond donors (Lipinski definition) is 5. The third-order valence-corrected chi connectivity index (χ3v) is 8.37. The molecule has 4 amide bonds. The van der Waals surface area contributed by atoms with Gasteiger partial charge in [0.25, 0.3) is 17.5 Å². The maximum atomic E-state index is 13.2. The fraction of sp³-hybridized carbons (Fsp3) is 0.333. The molecule has 34 heavy (non-hydrogen) atoms. The van der Waals surface area contributed by atoms with Gasteiger partial charge in [-0.15, -0.1) is 23.1 Å². The zero-order chi connectivity index (χ0) is 24.5. The predicted molar refractivity (Wildman–Crippen MR) is 123 cm³/mol. The Morgan fingerprint density at radius 2 is 2.29 bits per heavy atom. The van der Waals surface area contributed by atoms with Gasteiger partial charge in [-0.1, -0.05) is 17.8 Å². The minimum absolute atomic E-state index is 0.159. The number of H-pyrrole nitrogens is 1. The van der Waals surface area contributed by atoms with E-state index in [-0.39, 0.29) is 17.2 Å². The molecular weight excluding hydrogens is 506 g/mol. The summed E-state index contributed by atoms with van der Waals surface area (Å²) in [6.07, 6.45) is 1.34. The lowest BCUT2D eigenvalue weighted by atomic mass is 9.97. The number of carbonyl (C=O) groups excluding carboxylic acids is 3. The van der Waals surface area contributed by atoms with Crippen molar-refractivity contribution < 1.29 is 29.0 Å². The fourth-order valence-corrected chi connectivity index (χ4v) is 6.72. The van der Waals surface area contributed by atoms with Crippen LogP contribution in [0.25, 0.3) is 0 Å². The van der Waals surface area contributed by atoms with E-state index in [1.54, 1.807) is 17.5 Å². The third kappa shape index (κ3) is 4.24. The maximum absolute atomic E-state index is 13.2. The van der Waals surface area contributed by atoms with Crippen molar-refractivity contribution in [3.05, 3.63) is 40.0 Å². The third-order valence-electron chi connectivity index (χ3n) is 5.10. The van der Waals surface area contributed by atoms with E-state index in [1.165, 1.54) is 48.3 Å². The number of nitrogens with zero attached hydrogens (tertiary/aromatic N) is 3. The van der Waals surface area contributed by atoms with Crippen LogP contribution in [-0.4, -0.2) is 78.7 Å². The Labute approximate surface area is 204 Å². The number of carboxylic acid groups (broad SMARTS) is 1. The molecule has 3 atom stereocenters. The minimum Gasteiger partial charge on any atom is -0.477 e. The number of fused-ring (bicyclic) bond motifs is 1. The van der Waals surface area contributed by atoms with Crippen LogP contribution in [0.4, 0.5) is 4.79 Å². The molecule has 2 aliphatic heterocycles. The highest BCUT2D eigenvalue weighted by Gasteiger charge is 2.66. The second-order valence-corrected chi connectivity index (χ2v) is 10.1. The van der Waals surface area contributed by atoms with Crippen molar-refractivity contribution in [2.75, 3.05) is 18.6 Å². The van der Waals surface area contributed by atoms with Gasteiger partial charge in [-0.05, 0) is 17.0 Å². The molecule has 1 saturated heterocycles. The Morgan fingerprint density at radius 3 is 2.88 bits per heavy atom. The molecule has 0 radical (unpaired) electrons. The topological polar surface area (TPSA) is 193 Å². The molecule has 13 nitrogen and oxygen atoms in total. The van der Waals surface area contributed by atoms with Crippen molar-refractivity contribution in [3.8, 4) is 0 Å². The molecule has 4 heterocycles. The number of thioether (sulfide) groups is 2. The number of aromatic nitrogens is 3. The van der Waals surface area contributed by atoms with E-state index < -0.39 is 41.0 Å². The molecule has 2 aromatic heterocycles. The average molecular weight is 526 g/mol. The molecule has 0 bridgehead atoms. The van der Waals surface area contributed by atoms with Crippen LogP contribution in [0.3, 0.4) is 0 Å².